The van der Waals surface area contributed by atoms with E-state index in [-0.39, 0.29) is 5.82 Å². The first-order valence-electron chi connectivity index (χ1n) is 9.69. The Hall–Kier alpha value is -3.57. The minimum absolute atomic E-state index is 0.305. The first-order valence-corrected chi connectivity index (χ1v) is 9.69. The van der Waals surface area contributed by atoms with Gasteiger partial charge in [-0.25, -0.2) is 4.39 Å². The van der Waals surface area contributed by atoms with Crippen molar-refractivity contribution in [1.29, 1.82) is 0 Å². The van der Waals surface area contributed by atoms with Crippen molar-refractivity contribution in [3.8, 4) is 12.3 Å². The maximum absolute atomic E-state index is 14.1. The molecule has 1 aliphatic rings. The van der Waals surface area contributed by atoms with Gasteiger partial charge in [0.05, 0.1) is 17.4 Å². The second kappa shape index (κ2) is 6.75. The molecule has 0 bridgehead atoms. The van der Waals surface area contributed by atoms with E-state index < -0.39 is 5.60 Å². The molecule has 0 radical (unpaired) electrons. The van der Waals surface area contributed by atoms with Gasteiger partial charge >= 0.3 is 0 Å². The lowest BCUT2D eigenvalue weighted by Gasteiger charge is -2.32. The summed E-state index contributed by atoms with van der Waals surface area (Å²) in [6.07, 6.45) is 12.6. The number of rotatable bonds is 3. The van der Waals surface area contributed by atoms with Crippen LogP contribution in [-0.2, 0) is 12.8 Å². The molecule has 1 N–H and O–H groups in total. The Morgan fingerprint density at radius 3 is 3.03 bits per heavy atom. The van der Waals surface area contributed by atoms with Crippen molar-refractivity contribution in [2.45, 2.75) is 31.8 Å². The number of hydrogen-bond donors (Lipinski definition) is 1. The van der Waals surface area contributed by atoms with Crippen molar-refractivity contribution >= 4 is 28.2 Å². The van der Waals surface area contributed by atoms with Crippen LogP contribution in [-0.4, -0.2) is 41.8 Å². The minimum atomic E-state index is -1.26. The Morgan fingerprint density at radius 2 is 2.20 bits per heavy atom. The maximum atomic E-state index is 14.1. The summed E-state index contributed by atoms with van der Waals surface area (Å²) in [5.41, 5.74) is 2.37. The van der Waals surface area contributed by atoms with Crippen LogP contribution in [0.2, 0.25) is 0 Å². The van der Waals surface area contributed by atoms with Gasteiger partial charge in [0.25, 0.3) is 5.78 Å². The third-order valence-electron chi connectivity index (χ3n) is 5.52. The molecule has 0 fully saturated rings. The van der Waals surface area contributed by atoms with E-state index in [2.05, 4.69) is 26.1 Å². The van der Waals surface area contributed by atoms with Gasteiger partial charge in [-0.05, 0) is 49.1 Å². The predicted molar refractivity (Wildman–Crippen MR) is 111 cm³/mol. The fourth-order valence-corrected chi connectivity index (χ4v) is 4.10. The number of anilines is 2. The second-order valence-corrected chi connectivity index (χ2v) is 7.74. The molecule has 7 nitrogen and oxygen atoms in total. The van der Waals surface area contributed by atoms with E-state index in [0.29, 0.717) is 29.9 Å². The van der Waals surface area contributed by atoms with Crippen LogP contribution in [0.25, 0.3) is 16.7 Å². The molecule has 1 atom stereocenters. The van der Waals surface area contributed by atoms with Crippen LogP contribution in [0.1, 0.15) is 24.5 Å². The smallest absolute Gasteiger partial charge is 0.257 e. The first kappa shape index (κ1) is 18.5. The van der Waals surface area contributed by atoms with E-state index in [9.17, 15) is 9.50 Å². The topological polar surface area (TPSA) is 79.4 Å². The van der Waals surface area contributed by atoms with Gasteiger partial charge in [-0.1, -0.05) is 5.92 Å². The summed E-state index contributed by atoms with van der Waals surface area (Å²) >= 11 is 0. The van der Waals surface area contributed by atoms with Crippen LogP contribution in [0.5, 0.6) is 0 Å². The molecule has 150 valence electrons. The van der Waals surface area contributed by atoms with Crippen molar-refractivity contribution < 1.29 is 9.50 Å². The number of nitrogens with zero attached hydrogens (tertiary/aromatic N) is 6. The number of halogens is 1. The van der Waals surface area contributed by atoms with Crippen molar-refractivity contribution in [3.63, 3.8) is 0 Å². The molecule has 5 rings (SSSR count). The highest BCUT2D eigenvalue weighted by Gasteiger charge is 2.27. The number of pyridine rings is 1. The number of terminal acetylenes is 1. The fraction of sp³-hybridized carbons (Fsp3) is 0.273. The molecule has 0 spiro atoms. The highest BCUT2D eigenvalue weighted by molar-refractivity contribution is 5.94. The first-order chi connectivity index (χ1) is 14.5. The summed E-state index contributed by atoms with van der Waals surface area (Å²) in [5, 5.41) is 19.1. The minimum Gasteiger partial charge on any atom is -0.378 e. The largest absolute Gasteiger partial charge is 0.378 e. The zero-order valence-corrected chi connectivity index (χ0v) is 16.4. The number of benzene rings is 1. The summed E-state index contributed by atoms with van der Waals surface area (Å²) < 4.78 is 15.9. The van der Waals surface area contributed by atoms with Crippen molar-refractivity contribution in [3.05, 3.63) is 53.9 Å². The van der Waals surface area contributed by atoms with Gasteiger partial charge in [0.2, 0.25) is 0 Å². The van der Waals surface area contributed by atoms with Crippen LogP contribution in [0.15, 0.2) is 36.9 Å². The van der Waals surface area contributed by atoms with Crippen molar-refractivity contribution in [1.82, 2.24) is 24.6 Å². The Labute approximate surface area is 172 Å². The number of fused-ring (bicyclic) bond motifs is 4. The van der Waals surface area contributed by atoms with E-state index in [1.807, 2.05) is 4.90 Å². The number of aromatic nitrogens is 5. The Morgan fingerprint density at radius 1 is 1.33 bits per heavy atom. The van der Waals surface area contributed by atoms with Crippen molar-refractivity contribution in [2.75, 3.05) is 11.4 Å². The number of hydrogen-bond acceptors (Lipinski definition) is 6. The maximum Gasteiger partial charge on any atom is 0.257 e. The second-order valence-electron chi connectivity index (χ2n) is 7.74. The quantitative estimate of drug-likeness (QED) is 0.531. The van der Waals surface area contributed by atoms with Gasteiger partial charge < -0.3 is 10.0 Å². The third-order valence-corrected chi connectivity index (χ3v) is 5.52. The zero-order chi connectivity index (χ0) is 20.9. The molecule has 0 saturated carbocycles. The summed E-state index contributed by atoms with van der Waals surface area (Å²) in [7, 11) is 0. The van der Waals surface area contributed by atoms with E-state index in [1.54, 1.807) is 36.1 Å². The molecule has 1 unspecified atom stereocenters. The Kier molecular flexibility index (Phi) is 4.15. The summed E-state index contributed by atoms with van der Waals surface area (Å²) in [5.74, 6) is 3.13. The molecule has 0 amide bonds. The number of aliphatic hydroxyl groups is 1. The molecule has 1 aromatic carbocycles. The van der Waals surface area contributed by atoms with Gasteiger partial charge in [0.1, 0.15) is 23.6 Å². The van der Waals surface area contributed by atoms with E-state index in [1.165, 1.54) is 12.1 Å². The van der Waals surface area contributed by atoms with Crippen molar-refractivity contribution in [2.24, 2.45) is 0 Å². The standard InChI is InChI=1S/C22H19FN6O/c1-3-22(2,30)10-14-11-24-12-19-16(14)5-4-8-28(19)20-17-9-15(23)6-7-18(17)29-13-25-27-21(29)26-20/h1,6-7,9,11-13,30H,4-5,8,10H2,2H3. The van der Waals surface area contributed by atoms with Crippen LogP contribution in [0.3, 0.4) is 0 Å². The molecule has 30 heavy (non-hydrogen) atoms. The highest BCUT2D eigenvalue weighted by Crippen LogP contribution is 2.38. The molecule has 8 heteroatoms. The van der Waals surface area contributed by atoms with Gasteiger partial charge in [-0.3, -0.25) is 9.38 Å². The summed E-state index contributed by atoms with van der Waals surface area (Å²) in [6.45, 7) is 2.32. The van der Waals surface area contributed by atoms with Gasteiger partial charge in [0, 0.05) is 24.5 Å². The zero-order valence-electron chi connectivity index (χ0n) is 16.4. The predicted octanol–water partition coefficient (Wildman–Crippen LogP) is 2.82. The molecule has 3 aromatic heterocycles. The molecule has 0 saturated heterocycles. The van der Waals surface area contributed by atoms with Crippen LogP contribution in [0, 0.1) is 18.2 Å². The summed E-state index contributed by atoms with van der Waals surface area (Å²) in [4.78, 5) is 11.1. The van der Waals surface area contributed by atoms with Crippen LogP contribution in [0.4, 0.5) is 15.9 Å². The monoisotopic (exact) mass is 402 g/mol. The molecule has 0 aliphatic carbocycles. The molecule has 4 heterocycles. The average Bonchev–Trinajstić information content (AvgIpc) is 3.21. The van der Waals surface area contributed by atoms with E-state index in [0.717, 1.165) is 35.2 Å². The normalized spacial score (nSPS) is 15.7. The Balaban J connectivity index is 1.71. The lowest BCUT2D eigenvalue weighted by atomic mass is 9.91. The molecular formula is C22H19FN6O. The van der Waals surface area contributed by atoms with E-state index in [4.69, 9.17) is 6.42 Å². The molecular weight excluding hydrogens is 383 g/mol. The average molecular weight is 402 g/mol. The van der Waals surface area contributed by atoms with Gasteiger partial charge in [-0.15, -0.1) is 16.6 Å². The highest BCUT2D eigenvalue weighted by atomic mass is 19.1. The molecule has 1 aliphatic heterocycles. The van der Waals surface area contributed by atoms with Crippen LogP contribution < -0.4 is 4.90 Å². The van der Waals surface area contributed by atoms with E-state index >= 15 is 0 Å². The van der Waals surface area contributed by atoms with Crippen LogP contribution >= 0.6 is 0 Å². The fourth-order valence-electron chi connectivity index (χ4n) is 4.10. The van der Waals surface area contributed by atoms with Gasteiger partial charge in [-0.2, -0.15) is 4.98 Å². The molecule has 4 aromatic rings. The summed E-state index contributed by atoms with van der Waals surface area (Å²) in [6, 6.07) is 4.60. The lowest BCUT2D eigenvalue weighted by Crippen LogP contribution is -2.29. The SMILES string of the molecule is C#CC(C)(O)Cc1cncc2c1CCCN2c1nc2nncn2c2ccc(F)cc12. The lowest BCUT2D eigenvalue weighted by molar-refractivity contribution is 0.122. The Bertz CT molecular complexity index is 1320. The van der Waals surface area contributed by atoms with Gasteiger partial charge in [0.15, 0.2) is 0 Å². The third kappa shape index (κ3) is 2.95.